The molecular weight excluding hydrogens is 288 g/mol. The maximum atomic E-state index is 10.6. The summed E-state index contributed by atoms with van der Waals surface area (Å²) in [5, 5.41) is 26.7. The summed E-state index contributed by atoms with van der Waals surface area (Å²) < 4.78 is 0. The molecule has 0 radical (unpaired) electrons. The van der Waals surface area contributed by atoms with Gasteiger partial charge >= 0.3 is 11.9 Å². The monoisotopic (exact) mass is 310 g/mol. The van der Waals surface area contributed by atoms with Crippen LogP contribution in [0.1, 0.15) is 43.7 Å². The van der Waals surface area contributed by atoms with Gasteiger partial charge in [-0.25, -0.2) is 9.59 Å². The minimum absolute atomic E-state index is 0.00218. The number of aromatic nitrogens is 1. The predicted molar refractivity (Wildman–Crippen MR) is 84.1 cm³/mol. The van der Waals surface area contributed by atoms with E-state index in [4.69, 9.17) is 15.6 Å². The van der Waals surface area contributed by atoms with Crippen molar-refractivity contribution in [3.8, 4) is 0 Å². The molecule has 0 bridgehead atoms. The molecule has 8 nitrogen and oxygen atoms in total. The van der Waals surface area contributed by atoms with Gasteiger partial charge in [0.1, 0.15) is 5.69 Å². The molecule has 0 saturated carbocycles. The average Bonchev–Trinajstić information content (AvgIpc) is 2.85. The number of aromatic amines is 1. The Hall–Kier alpha value is -2.64. The lowest BCUT2D eigenvalue weighted by atomic mass is 10.3. The zero-order valence-electron chi connectivity index (χ0n) is 13.0. The Bertz CT molecular complexity index is 547. The van der Waals surface area contributed by atoms with Crippen molar-refractivity contribution in [1.82, 2.24) is 10.3 Å². The van der Waals surface area contributed by atoms with Crippen LogP contribution in [0.4, 0.5) is 0 Å². The van der Waals surface area contributed by atoms with Crippen molar-refractivity contribution < 1.29 is 19.8 Å². The van der Waals surface area contributed by atoms with E-state index in [9.17, 15) is 9.59 Å². The smallest absolute Gasteiger partial charge is 0.371 e. The fourth-order valence-corrected chi connectivity index (χ4v) is 1.37. The molecule has 0 aliphatic carbocycles. The molecule has 0 unspecified atom stereocenters. The van der Waals surface area contributed by atoms with E-state index in [0.29, 0.717) is 5.56 Å². The number of rotatable bonds is 4. The lowest BCUT2D eigenvalue weighted by Crippen LogP contribution is -2.36. The molecule has 1 rings (SSSR count). The van der Waals surface area contributed by atoms with Crippen LogP contribution in [0, 0.1) is 5.41 Å². The number of carboxylic acid groups (broad SMARTS) is 2. The van der Waals surface area contributed by atoms with Crippen molar-refractivity contribution in [2.24, 2.45) is 4.99 Å². The van der Waals surface area contributed by atoms with Crippen LogP contribution < -0.4 is 5.32 Å². The number of nitrogens with zero attached hydrogens (tertiary/aromatic N) is 1. The van der Waals surface area contributed by atoms with Gasteiger partial charge in [0.05, 0.1) is 0 Å². The summed E-state index contributed by atoms with van der Waals surface area (Å²) in [5.41, 5.74) is 0.461. The molecule has 122 valence electrons. The van der Waals surface area contributed by atoms with Crippen LogP contribution >= 0.6 is 0 Å². The van der Waals surface area contributed by atoms with Gasteiger partial charge in [0.15, 0.2) is 0 Å². The average molecular weight is 310 g/mol. The van der Waals surface area contributed by atoms with Gasteiger partial charge in [0.25, 0.3) is 0 Å². The number of aliphatic imine (C=N–C) groups is 1. The Morgan fingerprint density at radius 1 is 1.32 bits per heavy atom. The Kier molecular flexibility index (Phi) is 8.21. The fraction of sp³-hybridized carbons (Fsp3) is 0.429. The molecule has 0 aromatic carbocycles. The molecular formula is C14H22N4O4. The van der Waals surface area contributed by atoms with Crippen LogP contribution in [-0.2, 0) is 4.79 Å². The molecule has 0 saturated heterocycles. The van der Waals surface area contributed by atoms with Crippen LogP contribution in [0.5, 0.6) is 0 Å². The van der Waals surface area contributed by atoms with Gasteiger partial charge in [-0.3, -0.25) is 4.99 Å². The maximum absolute atomic E-state index is 10.6. The number of nitrogens with one attached hydrogen (secondary N) is 3. The molecule has 0 atom stereocenters. The Balaban J connectivity index is 0.000000406. The van der Waals surface area contributed by atoms with Crippen molar-refractivity contribution in [2.45, 2.75) is 39.8 Å². The van der Waals surface area contributed by atoms with E-state index in [2.05, 4.69) is 15.3 Å². The first-order valence-corrected chi connectivity index (χ1v) is 6.67. The van der Waals surface area contributed by atoms with Gasteiger partial charge in [-0.2, -0.15) is 0 Å². The second-order valence-corrected chi connectivity index (χ2v) is 4.93. The minimum Gasteiger partial charge on any atom is -0.477 e. The number of carboxylic acids is 2. The number of aromatic carboxylic acids is 1. The van der Waals surface area contributed by atoms with E-state index < -0.39 is 11.9 Å². The predicted octanol–water partition coefficient (Wildman–Crippen LogP) is 1.59. The van der Waals surface area contributed by atoms with Gasteiger partial charge < -0.3 is 25.9 Å². The molecule has 0 aliphatic heterocycles. The first-order valence-electron chi connectivity index (χ1n) is 6.67. The number of amidine groups is 1. The van der Waals surface area contributed by atoms with Crippen molar-refractivity contribution in [2.75, 3.05) is 0 Å². The molecule has 8 heteroatoms. The third-order valence-electron chi connectivity index (χ3n) is 2.16. The molecule has 1 heterocycles. The second kappa shape index (κ2) is 9.32. The van der Waals surface area contributed by atoms with Crippen LogP contribution in [0.2, 0.25) is 0 Å². The van der Waals surface area contributed by atoms with Gasteiger partial charge in [-0.05, 0) is 33.8 Å². The van der Waals surface area contributed by atoms with Crippen LogP contribution in [-0.4, -0.2) is 51.3 Å². The first-order chi connectivity index (χ1) is 10.2. The summed E-state index contributed by atoms with van der Waals surface area (Å²) in [7, 11) is 0. The summed E-state index contributed by atoms with van der Waals surface area (Å²) in [4.78, 5) is 27.3. The molecule has 22 heavy (non-hydrogen) atoms. The Morgan fingerprint density at radius 3 is 2.23 bits per heavy atom. The quantitative estimate of drug-likeness (QED) is 0.424. The normalized spacial score (nSPS) is 10.9. The number of hydrogen-bond donors (Lipinski definition) is 5. The topological polar surface area (TPSA) is 139 Å². The van der Waals surface area contributed by atoms with Crippen molar-refractivity contribution in [3.05, 3.63) is 23.5 Å². The fourth-order valence-electron chi connectivity index (χ4n) is 1.37. The van der Waals surface area contributed by atoms with Crippen LogP contribution in [0.3, 0.4) is 0 Å². The van der Waals surface area contributed by atoms with Crippen LogP contribution in [0.25, 0.3) is 0 Å². The number of H-pyrrole nitrogens is 1. The highest BCUT2D eigenvalue weighted by Crippen LogP contribution is 2.01. The van der Waals surface area contributed by atoms with Crippen molar-refractivity contribution in [3.63, 3.8) is 0 Å². The highest BCUT2D eigenvalue weighted by atomic mass is 16.4. The largest absolute Gasteiger partial charge is 0.477 e. The van der Waals surface area contributed by atoms with Gasteiger partial charge in [0.2, 0.25) is 5.84 Å². The molecule has 0 amide bonds. The molecule has 0 aliphatic rings. The standard InChI is InChI=1S/C8H16N2O2.C6H6N2O2/c1-5(2)9-7(8(11)12)10-6(3)4;7-3-4-1-2-8-5(4)6(9)10/h5-6H,1-4H3,(H,9,10)(H,11,12);1-3,7-8H,(H,9,10). The molecule has 0 fully saturated rings. The second-order valence-electron chi connectivity index (χ2n) is 4.93. The van der Waals surface area contributed by atoms with Gasteiger partial charge in [-0.15, -0.1) is 0 Å². The van der Waals surface area contributed by atoms with Crippen molar-refractivity contribution >= 4 is 24.0 Å². The number of hydrogen-bond acceptors (Lipinski definition) is 4. The highest BCUT2D eigenvalue weighted by molar-refractivity contribution is 6.34. The van der Waals surface area contributed by atoms with Crippen LogP contribution in [0.15, 0.2) is 17.3 Å². The minimum atomic E-state index is -1.04. The van der Waals surface area contributed by atoms with Crippen molar-refractivity contribution in [1.29, 1.82) is 5.41 Å². The first kappa shape index (κ1) is 19.4. The summed E-state index contributed by atoms with van der Waals surface area (Å²) in [6, 6.07) is 1.64. The summed E-state index contributed by atoms with van der Waals surface area (Å²) >= 11 is 0. The van der Waals surface area contributed by atoms with E-state index in [1.54, 1.807) is 0 Å². The lowest BCUT2D eigenvalue weighted by Gasteiger charge is -2.10. The summed E-state index contributed by atoms with van der Waals surface area (Å²) in [6.07, 6.45) is 2.49. The SMILES string of the molecule is CC(C)N=C(NC(C)C)C(=O)O.N=Cc1cc[nH]c1C(=O)O. The zero-order valence-corrected chi connectivity index (χ0v) is 13.0. The zero-order chi connectivity index (χ0) is 17.3. The Morgan fingerprint density at radius 2 is 1.91 bits per heavy atom. The van der Waals surface area contributed by atoms with E-state index in [-0.39, 0.29) is 23.6 Å². The Labute approximate surface area is 128 Å². The highest BCUT2D eigenvalue weighted by Gasteiger charge is 2.10. The number of carbonyl (C=O) groups is 2. The summed E-state index contributed by atoms with van der Waals surface area (Å²) in [5.74, 6) is -2.00. The lowest BCUT2D eigenvalue weighted by molar-refractivity contribution is -0.129. The third-order valence-corrected chi connectivity index (χ3v) is 2.16. The van der Waals surface area contributed by atoms with E-state index in [0.717, 1.165) is 6.21 Å². The molecule has 0 spiro atoms. The third kappa shape index (κ3) is 7.22. The van der Waals surface area contributed by atoms with Gasteiger partial charge in [0, 0.05) is 30.1 Å². The van der Waals surface area contributed by atoms with E-state index in [1.165, 1.54) is 12.3 Å². The maximum Gasteiger partial charge on any atom is 0.371 e. The molecule has 5 N–H and O–H groups in total. The molecule has 1 aromatic rings. The van der Waals surface area contributed by atoms with E-state index in [1.807, 2.05) is 27.7 Å². The number of aliphatic carboxylic acids is 1. The molecule has 1 aromatic heterocycles. The summed E-state index contributed by atoms with van der Waals surface area (Å²) in [6.45, 7) is 7.42. The van der Waals surface area contributed by atoms with E-state index >= 15 is 0 Å². The van der Waals surface area contributed by atoms with Gasteiger partial charge in [-0.1, -0.05) is 0 Å².